The van der Waals surface area contributed by atoms with Gasteiger partial charge in [-0.2, -0.15) is 0 Å². The third-order valence-electron chi connectivity index (χ3n) is 2.62. The molecular formula is C17H20O2S. The van der Waals surface area contributed by atoms with Gasteiger partial charge >= 0.3 is 5.97 Å². The highest BCUT2D eigenvalue weighted by molar-refractivity contribution is 8.02. The van der Waals surface area contributed by atoms with E-state index < -0.39 is 0 Å². The van der Waals surface area contributed by atoms with Crippen LogP contribution in [0, 0.1) is 0 Å². The highest BCUT2D eigenvalue weighted by Gasteiger charge is 2.18. The largest absolute Gasteiger partial charge is 0.430 e. The summed E-state index contributed by atoms with van der Waals surface area (Å²) in [7, 11) is 0. The van der Waals surface area contributed by atoms with Crippen LogP contribution < -0.4 is 0 Å². The van der Waals surface area contributed by atoms with Crippen LogP contribution in [0.15, 0.2) is 66.8 Å². The highest BCUT2D eigenvalue weighted by Crippen LogP contribution is 2.30. The van der Waals surface area contributed by atoms with E-state index in [0.717, 1.165) is 17.7 Å². The van der Waals surface area contributed by atoms with Crippen LogP contribution in [0.1, 0.15) is 24.8 Å². The Labute approximate surface area is 125 Å². The van der Waals surface area contributed by atoms with Gasteiger partial charge in [-0.25, -0.2) is 0 Å². The molecule has 1 unspecified atom stereocenters. The number of rotatable bonds is 8. The minimum atomic E-state index is -0.305. The molecule has 0 amide bonds. The van der Waals surface area contributed by atoms with Crippen LogP contribution in [0.2, 0.25) is 0 Å². The van der Waals surface area contributed by atoms with Gasteiger partial charge in [-0.05, 0) is 12.0 Å². The van der Waals surface area contributed by atoms with Crippen molar-refractivity contribution < 1.29 is 9.53 Å². The van der Waals surface area contributed by atoms with Gasteiger partial charge in [-0.15, -0.1) is 24.9 Å². The molecule has 0 spiro atoms. The van der Waals surface area contributed by atoms with E-state index in [2.05, 4.69) is 13.2 Å². The molecule has 1 aromatic rings. The summed E-state index contributed by atoms with van der Waals surface area (Å²) in [5.41, 5.74) is 1.11. The molecule has 1 rings (SSSR count). The van der Waals surface area contributed by atoms with Gasteiger partial charge in [0.25, 0.3) is 0 Å². The Morgan fingerprint density at radius 3 is 2.55 bits per heavy atom. The van der Waals surface area contributed by atoms with Crippen LogP contribution in [0.5, 0.6) is 0 Å². The van der Waals surface area contributed by atoms with Crippen LogP contribution in [0.4, 0.5) is 0 Å². The van der Waals surface area contributed by atoms with Gasteiger partial charge < -0.3 is 4.74 Å². The number of ether oxygens (including phenoxy) is 1. The number of hydrogen-bond donors (Lipinski definition) is 0. The van der Waals surface area contributed by atoms with Gasteiger partial charge in [0.15, 0.2) is 0 Å². The van der Waals surface area contributed by atoms with Gasteiger partial charge in [0, 0.05) is 24.0 Å². The maximum absolute atomic E-state index is 11.3. The zero-order valence-corrected chi connectivity index (χ0v) is 12.6. The molecule has 1 atom stereocenters. The van der Waals surface area contributed by atoms with Crippen molar-refractivity contribution >= 4 is 17.7 Å². The maximum Gasteiger partial charge on any atom is 0.307 e. The van der Waals surface area contributed by atoms with Crippen LogP contribution in [0.3, 0.4) is 0 Å². The van der Waals surface area contributed by atoms with Gasteiger partial charge in [0.05, 0.1) is 0 Å². The third kappa shape index (κ3) is 5.49. The predicted molar refractivity (Wildman–Crippen MR) is 86.5 cm³/mol. The molecule has 1 aromatic carbocycles. The molecule has 0 aliphatic rings. The van der Waals surface area contributed by atoms with Crippen molar-refractivity contribution in [3.05, 3.63) is 72.4 Å². The molecule has 0 aromatic heterocycles. The smallest absolute Gasteiger partial charge is 0.307 e. The van der Waals surface area contributed by atoms with Crippen molar-refractivity contribution in [1.29, 1.82) is 0 Å². The zero-order valence-electron chi connectivity index (χ0n) is 11.7. The quantitative estimate of drug-likeness (QED) is 0.301. The van der Waals surface area contributed by atoms with E-state index in [-0.39, 0.29) is 11.9 Å². The molecule has 106 valence electrons. The van der Waals surface area contributed by atoms with E-state index in [1.54, 1.807) is 11.8 Å². The summed E-state index contributed by atoms with van der Waals surface area (Å²) in [4.78, 5) is 11.3. The molecular weight excluding hydrogens is 268 g/mol. The summed E-state index contributed by atoms with van der Waals surface area (Å²) in [5.74, 6) is 1.14. The van der Waals surface area contributed by atoms with Crippen LogP contribution >= 0.6 is 11.8 Å². The van der Waals surface area contributed by atoms with Crippen molar-refractivity contribution in [3.63, 3.8) is 0 Å². The molecule has 0 saturated carbocycles. The summed E-state index contributed by atoms with van der Waals surface area (Å²) in [5, 5.41) is 1.89. The first kappa shape index (κ1) is 16.3. The SMILES string of the molecule is C=CCS/C=C(\OC(C)=O)C(CC=C)c1ccccc1. The fraction of sp³-hybridized carbons (Fsp3) is 0.235. The second kappa shape index (κ2) is 9.21. The van der Waals surface area contributed by atoms with Gasteiger partial charge in [0.1, 0.15) is 5.76 Å². The van der Waals surface area contributed by atoms with Crippen LogP contribution in [-0.4, -0.2) is 11.7 Å². The average molecular weight is 288 g/mol. The molecule has 20 heavy (non-hydrogen) atoms. The fourth-order valence-electron chi connectivity index (χ4n) is 1.81. The second-order valence-electron chi connectivity index (χ2n) is 4.22. The standard InChI is InChI=1S/C17H20O2S/c1-4-9-16(15-10-7-6-8-11-15)17(19-14(3)18)13-20-12-5-2/h4-8,10-11,13,16H,1-2,9,12H2,3H3/b17-13-. The van der Waals surface area contributed by atoms with Gasteiger partial charge in [0.2, 0.25) is 0 Å². The molecule has 0 aliphatic carbocycles. The van der Waals surface area contributed by atoms with E-state index >= 15 is 0 Å². The Morgan fingerprint density at radius 1 is 1.30 bits per heavy atom. The monoisotopic (exact) mass is 288 g/mol. The lowest BCUT2D eigenvalue weighted by molar-refractivity contribution is -0.137. The molecule has 0 saturated heterocycles. The van der Waals surface area contributed by atoms with Crippen molar-refractivity contribution in [2.75, 3.05) is 5.75 Å². The third-order valence-corrected chi connectivity index (χ3v) is 3.45. The molecule has 0 radical (unpaired) electrons. The second-order valence-corrected chi connectivity index (χ2v) is 5.13. The summed E-state index contributed by atoms with van der Waals surface area (Å²) in [6.07, 6.45) is 4.38. The van der Waals surface area contributed by atoms with E-state index in [9.17, 15) is 4.79 Å². The molecule has 0 fully saturated rings. The molecule has 0 heterocycles. The Hall–Kier alpha value is -1.74. The number of thioether (sulfide) groups is 1. The predicted octanol–water partition coefficient (Wildman–Crippen LogP) is 4.67. The van der Waals surface area contributed by atoms with Crippen molar-refractivity contribution in [1.82, 2.24) is 0 Å². The first-order valence-corrected chi connectivity index (χ1v) is 7.50. The molecule has 0 bridgehead atoms. The fourth-order valence-corrected chi connectivity index (χ4v) is 2.42. The number of carbonyl (C=O) groups excluding carboxylic acids is 1. The van der Waals surface area contributed by atoms with Gasteiger partial charge in [-0.1, -0.05) is 42.5 Å². The van der Waals surface area contributed by atoms with Crippen molar-refractivity contribution in [2.24, 2.45) is 0 Å². The average Bonchev–Trinajstić information content (AvgIpc) is 2.44. The topological polar surface area (TPSA) is 26.3 Å². The lowest BCUT2D eigenvalue weighted by Crippen LogP contribution is -2.08. The van der Waals surface area contributed by atoms with E-state index in [1.807, 2.05) is 47.9 Å². The van der Waals surface area contributed by atoms with E-state index in [0.29, 0.717) is 5.76 Å². The summed E-state index contributed by atoms with van der Waals surface area (Å²) < 4.78 is 5.39. The zero-order chi connectivity index (χ0) is 14.8. The summed E-state index contributed by atoms with van der Waals surface area (Å²) >= 11 is 1.56. The van der Waals surface area contributed by atoms with E-state index in [4.69, 9.17) is 4.74 Å². The van der Waals surface area contributed by atoms with E-state index in [1.165, 1.54) is 6.92 Å². The van der Waals surface area contributed by atoms with Gasteiger partial charge in [-0.3, -0.25) is 4.79 Å². The number of benzene rings is 1. The number of hydrogen-bond acceptors (Lipinski definition) is 3. The number of carbonyl (C=O) groups is 1. The van der Waals surface area contributed by atoms with Crippen molar-refractivity contribution in [3.8, 4) is 0 Å². The Balaban J connectivity index is 3.03. The lowest BCUT2D eigenvalue weighted by atomic mass is 9.94. The molecule has 2 nitrogen and oxygen atoms in total. The minimum absolute atomic E-state index is 0.00918. The summed E-state index contributed by atoms with van der Waals surface area (Å²) in [6.45, 7) is 8.90. The first-order chi connectivity index (χ1) is 9.69. The number of esters is 1. The summed E-state index contributed by atoms with van der Waals surface area (Å²) in [6, 6.07) is 9.99. The Morgan fingerprint density at radius 2 is 2.00 bits per heavy atom. The van der Waals surface area contributed by atoms with Crippen LogP contribution in [0.25, 0.3) is 0 Å². The first-order valence-electron chi connectivity index (χ1n) is 6.45. The maximum atomic E-state index is 11.3. The van der Waals surface area contributed by atoms with Crippen molar-refractivity contribution in [2.45, 2.75) is 19.3 Å². The Kier molecular flexibility index (Phi) is 7.51. The Bertz CT molecular complexity index is 477. The molecule has 0 N–H and O–H groups in total. The minimum Gasteiger partial charge on any atom is -0.430 e. The lowest BCUT2D eigenvalue weighted by Gasteiger charge is -2.18. The highest BCUT2D eigenvalue weighted by atomic mass is 32.2. The number of allylic oxidation sites excluding steroid dienone is 2. The normalized spacial score (nSPS) is 12.6. The molecule has 0 aliphatic heterocycles. The van der Waals surface area contributed by atoms with Crippen LogP contribution in [-0.2, 0) is 9.53 Å². The molecule has 3 heteroatoms.